The highest BCUT2D eigenvalue weighted by Crippen LogP contribution is 2.25. The Morgan fingerprint density at radius 1 is 1.12 bits per heavy atom. The third kappa shape index (κ3) is 2.87. The second kappa shape index (κ2) is 5.85. The molecular weight excluding hydrogens is 212 g/mol. The molecule has 3 heteroatoms. The fourth-order valence-corrected chi connectivity index (χ4v) is 4.31. The van der Waals surface area contributed by atoms with Crippen LogP contribution in [0.25, 0.3) is 0 Å². The summed E-state index contributed by atoms with van der Waals surface area (Å²) in [7, 11) is 1.27. The van der Waals surface area contributed by atoms with Crippen LogP contribution in [0.5, 0.6) is 0 Å². The molecule has 0 amide bonds. The SMILES string of the molecule is C/C(=N\C1CCCC1)N(C[SiH3])C1CCCC1. The molecule has 2 aliphatic rings. The zero-order chi connectivity index (χ0) is 11.4. The second-order valence-electron chi connectivity index (χ2n) is 5.34. The minimum Gasteiger partial charge on any atom is -0.362 e. The Morgan fingerprint density at radius 2 is 1.69 bits per heavy atom. The van der Waals surface area contributed by atoms with Gasteiger partial charge in [0, 0.05) is 22.5 Å². The fourth-order valence-electron chi connectivity index (χ4n) is 3.34. The molecular formula is C13H26N2Si. The molecule has 0 heterocycles. The molecule has 2 fully saturated rings. The Morgan fingerprint density at radius 3 is 2.25 bits per heavy atom. The quantitative estimate of drug-likeness (QED) is 0.417. The van der Waals surface area contributed by atoms with Crippen LogP contribution in [0.2, 0.25) is 0 Å². The molecule has 2 aliphatic carbocycles. The van der Waals surface area contributed by atoms with E-state index in [1.807, 2.05) is 0 Å². The lowest BCUT2D eigenvalue weighted by molar-refractivity contribution is 0.352. The summed E-state index contributed by atoms with van der Waals surface area (Å²) in [5.41, 5.74) is 0. The summed E-state index contributed by atoms with van der Waals surface area (Å²) in [6.07, 6.45) is 12.4. The molecule has 0 aromatic carbocycles. The van der Waals surface area contributed by atoms with E-state index in [1.54, 1.807) is 0 Å². The molecule has 0 aromatic rings. The zero-order valence-electron chi connectivity index (χ0n) is 10.9. The van der Waals surface area contributed by atoms with Gasteiger partial charge in [0.15, 0.2) is 0 Å². The van der Waals surface area contributed by atoms with Crippen molar-refractivity contribution < 1.29 is 0 Å². The van der Waals surface area contributed by atoms with Gasteiger partial charge in [0.2, 0.25) is 0 Å². The first-order chi connectivity index (χ1) is 7.81. The topological polar surface area (TPSA) is 15.6 Å². The minimum atomic E-state index is 0.650. The van der Waals surface area contributed by atoms with Crippen molar-refractivity contribution in [3.8, 4) is 0 Å². The number of rotatable bonds is 3. The van der Waals surface area contributed by atoms with Crippen LogP contribution in [0.1, 0.15) is 58.3 Å². The van der Waals surface area contributed by atoms with E-state index in [0.717, 1.165) is 6.04 Å². The van der Waals surface area contributed by atoms with Crippen molar-refractivity contribution in [1.82, 2.24) is 4.90 Å². The van der Waals surface area contributed by atoms with Crippen LogP contribution in [0.4, 0.5) is 0 Å². The lowest BCUT2D eigenvalue weighted by atomic mass is 10.2. The van der Waals surface area contributed by atoms with Gasteiger partial charge >= 0.3 is 0 Å². The predicted molar refractivity (Wildman–Crippen MR) is 74.3 cm³/mol. The molecule has 0 atom stereocenters. The summed E-state index contributed by atoms with van der Waals surface area (Å²) in [6.45, 7) is 2.24. The zero-order valence-corrected chi connectivity index (χ0v) is 12.9. The van der Waals surface area contributed by atoms with Crippen molar-refractivity contribution >= 4 is 16.1 Å². The van der Waals surface area contributed by atoms with Crippen molar-refractivity contribution in [3.63, 3.8) is 0 Å². The molecule has 0 saturated heterocycles. The first kappa shape index (κ1) is 12.2. The Hall–Kier alpha value is -0.313. The van der Waals surface area contributed by atoms with E-state index in [9.17, 15) is 0 Å². The third-order valence-corrected chi connectivity index (χ3v) is 4.90. The summed E-state index contributed by atoms with van der Waals surface area (Å²) in [5, 5.41) is 0. The summed E-state index contributed by atoms with van der Waals surface area (Å²) in [6, 6.07) is 1.47. The number of aliphatic imine (C=N–C) groups is 1. The highest BCUT2D eigenvalue weighted by Gasteiger charge is 2.23. The van der Waals surface area contributed by atoms with Gasteiger partial charge in [-0.1, -0.05) is 25.7 Å². The van der Waals surface area contributed by atoms with Gasteiger partial charge in [-0.15, -0.1) is 0 Å². The van der Waals surface area contributed by atoms with Crippen molar-refractivity contribution in [3.05, 3.63) is 0 Å². The van der Waals surface area contributed by atoms with Gasteiger partial charge in [0.25, 0.3) is 0 Å². The maximum absolute atomic E-state index is 4.96. The molecule has 0 aromatic heterocycles. The monoisotopic (exact) mass is 238 g/mol. The van der Waals surface area contributed by atoms with Crippen LogP contribution in [-0.4, -0.2) is 39.2 Å². The summed E-state index contributed by atoms with van der Waals surface area (Å²) in [5.74, 6) is 1.34. The third-order valence-electron chi connectivity index (χ3n) is 4.22. The normalized spacial score (nSPS) is 24.4. The van der Waals surface area contributed by atoms with E-state index < -0.39 is 0 Å². The van der Waals surface area contributed by atoms with Crippen LogP contribution in [0, 0.1) is 0 Å². The fraction of sp³-hybridized carbons (Fsp3) is 0.923. The molecule has 0 aliphatic heterocycles. The highest BCUT2D eigenvalue weighted by atomic mass is 28.1. The molecule has 92 valence electrons. The molecule has 2 nitrogen and oxygen atoms in total. The molecule has 0 unspecified atom stereocenters. The summed E-state index contributed by atoms with van der Waals surface area (Å²) in [4.78, 5) is 7.57. The van der Waals surface area contributed by atoms with Crippen LogP contribution in [0.15, 0.2) is 4.99 Å². The average molecular weight is 238 g/mol. The van der Waals surface area contributed by atoms with Crippen molar-refractivity contribution in [1.29, 1.82) is 0 Å². The largest absolute Gasteiger partial charge is 0.362 e. The van der Waals surface area contributed by atoms with Gasteiger partial charge in [-0.2, -0.15) is 0 Å². The van der Waals surface area contributed by atoms with Gasteiger partial charge in [0.1, 0.15) is 0 Å². The number of amidine groups is 1. The van der Waals surface area contributed by atoms with Crippen molar-refractivity contribution in [2.24, 2.45) is 4.99 Å². The Kier molecular flexibility index (Phi) is 4.44. The molecule has 16 heavy (non-hydrogen) atoms. The molecule has 2 rings (SSSR count). The standard InChI is InChI=1S/C13H26N2Si/c1-11(14-12-6-2-3-7-12)15(10-16)13-8-4-5-9-13/h12-13H,2-10H2,1,16H3/b14-11+. The van der Waals surface area contributed by atoms with Crippen LogP contribution in [-0.2, 0) is 0 Å². The molecule has 2 saturated carbocycles. The van der Waals surface area contributed by atoms with E-state index in [0.29, 0.717) is 6.04 Å². The minimum absolute atomic E-state index is 0.650. The van der Waals surface area contributed by atoms with E-state index in [-0.39, 0.29) is 0 Å². The van der Waals surface area contributed by atoms with Crippen LogP contribution >= 0.6 is 0 Å². The molecule has 0 radical (unpaired) electrons. The van der Waals surface area contributed by atoms with E-state index in [4.69, 9.17) is 4.99 Å². The van der Waals surface area contributed by atoms with Gasteiger partial charge in [-0.3, -0.25) is 4.99 Å². The number of nitrogens with zero attached hydrogens (tertiary/aromatic N) is 2. The van der Waals surface area contributed by atoms with Crippen LogP contribution < -0.4 is 0 Å². The lowest BCUT2D eigenvalue weighted by Gasteiger charge is -2.30. The molecule has 0 bridgehead atoms. The first-order valence-electron chi connectivity index (χ1n) is 7.12. The maximum Gasteiger partial charge on any atom is 0.0960 e. The number of hydrogen-bond acceptors (Lipinski definition) is 1. The van der Waals surface area contributed by atoms with Gasteiger partial charge < -0.3 is 4.90 Å². The van der Waals surface area contributed by atoms with E-state index in [1.165, 1.54) is 73.6 Å². The van der Waals surface area contributed by atoms with E-state index >= 15 is 0 Å². The smallest absolute Gasteiger partial charge is 0.0960 e. The van der Waals surface area contributed by atoms with E-state index in [2.05, 4.69) is 11.8 Å². The van der Waals surface area contributed by atoms with Crippen molar-refractivity contribution in [2.45, 2.75) is 70.4 Å². The number of hydrogen-bond donors (Lipinski definition) is 0. The predicted octanol–water partition coefficient (Wildman–Crippen LogP) is 1.91. The van der Waals surface area contributed by atoms with Gasteiger partial charge in [-0.05, 0) is 32.6 Å². The van der Waals surface area contributed by atoms with Crippen molar-refractivity contribution in [2.75, 3.05) is 6.17 Å². The second-order valence-corrected chi connectivity index (χ2v) is 5.97. The van der Waals surface area contributed by atoms with Crippen LogP contribution in [0.3, 0.4) is 0 Å². The first-order valence-corrected chi connectivity index (χ1v) is 8.53. The average Bonchev–Trinajstić information content (AvgIpc) is 2.91. The molecule has 0 spiro atoms. The Bertz CT molecular complexity index is 240. The summed E-state index contributed by atoms with van der Waals surface area (Å²) >= 11 is 0. The van der Waals surface area contributed by atoms with Gasteiger partial charge in [-0.25, -0.2) is 0 Å². The summed E-state index contributed by atoms with van der Waals surface area (Å²) < 4.78 is 0. The van der Waals surface area contributed by atoms with Gasteiger partial charge in [0.05, 0.1) is 11.9 Å². The molecule has 0 N–H and O–H groups in total. The Balaban J connectivity index is 1.95. The Labute approximate surface area is 103 Å². The lowest BCUT2D eigenvalue weighted by Crippen LogP contribution is -2.38. The highest BCUT2D eigenvalue weighted by molar-refractivity contribution is 6.10. The maximum atomic E-state index is 4.96.